The first-order valence-electron chi connectivity index (χ1n) is 7.36. The zero-order valence-corrected chi connectivity index (χ0v) is 12.6. The lowest BCUT2D eigenvalue weighted by Crippen LogP contribution is -2.47. The van der Waals surface area contributed by atoms with Gasteiger partial charge in [-0.15, -0.1) is 0 Å². The number of carbonyl (C=O) groups excluding carboxylic acids is 2. The molecule has 1 unspecified atom stereocenters. The summed E-state index contributed by atoms with van der Waals surface area (Å²) in [6.07, 6.45) is 3.08. The Morgan fingerprint density at radius 3 is 2.55 bits per heavy atom. The predicted molar refractivity (Wildman–Crippen MR) is 77.1 cm³/mol. The van der Waals surface area contributed by atoms with Crippen LogP contribution in [0.15, 0.2) is 0 Å². The lowest BCUT2D eigenvalue weighted by Gasteiger charge is -2.33. The molecule has 0 aromatic carbocycles. The van der Waals surface area contributed by atoms with Gasteiger partial charge in [-0.1, -0.05) is 13.3 Å². The lowest BCUT2D eigenvalue weighted by molar-refractivity contribution is -0.133. The van der Waals surface area contributed by atoms with E-state index in [0.29, 0.717) is 26.1 Å². The third-order valence-corrected chi connectivity index (χ3v) is 3.86. The quantitative estimate of drug-likeness (QED) is 0.695. The van der Waals surface area contributed by atoms with E-state index in [4.69, 9.17) is 10.5 Å². The van der Waals surface area contributed by atoms with Crippen LogP contribution in [0, 0.1) is 5.92 Å². The van der Waals surface area contributed by atoms with Crippen LogP contribution in [-0.2, 0) is 14.3 Å². The maximum absolute atomic E-state index is 12.1. The van der Waals surface area contributed by atoms with Crippen LogP contribution in [0.3, 0.4) is 0 Å². The highest BCUT2D eigenvalue weighted by Crippen LogP contribution is 2.15. The molecule has 1 fully saturated rings. The molecule has 6 nitrogen and oxygen atoms in total. The molecule has 1 saturated heterocycles. The molecule has 0 saturated carbocycles. The van der Waals surface area contributed by atoms with Crippen LogP contribution in [0.4, 0.5) is 0 Å². The Morgan fingerprint density at radius 2 is 2.05 bits per heavy atom. The van der Waals surface area contributed by atoms with Gasteiger partial charge < -0.3 is 20.7 Å². The van der Waals surface area contributed by atoms with E-state index < -0.39 is 0 Å². The number of carbonyl (C=O) groups is 2. The normalized spacial score (nSPS) is 17.9. The first kappa shape index (κ1) is 16.9. The molecular weight excluding hydrogens is 258 g/mol. The van der Waals surface area contributed by atoms with Gasteiger partial charge >= 0.3 is 0 Å². The number of hydrogen-bond donors (Lipinski definition) is 2. The van der Waals surface area contributed by atoms with Crippen LogP contribution in [0.2, 0.25) is 0 Å². The van der Waals surface area contributed by atoms with Crippen molar-refractivity contribution >= 4 is 11.8 Å². The fraction of sp³-hybridized carbons (Fsp3) is 0.857. The Balaban J connectivity index is 2.30. The van der Waals surface area contributed by atoms with Crippen molar-refractivity contribution in [3.05, 3.63) is 0 Å². The largest absolute Gasteiger partial charge is 0.375 e. The van der Waals surface area contributed by atoms with Crippen LogP contribution >= 0.6 is 0 Å². The van der Waals surface area contributed by atoms with Gasteiger partial charge in [-0.2, -0.15) is 0 Å². The highest BCUT2D eigenvalue weighted by Gasteiger charge is 2.24. The maximum Gasteiger partial charge on any atom is 0.246 e. The zero-order valence-electron chi connectivity index (χ0n) is 12.6. The summed E-state index contributed by atoms with van der Waals surface area (Å²) in [5.41, 5.74) is 5.64. The molecule has 1 aliphatic rings. The third-order valence-electron chi connectivity index (χ3n) is 3.86. The second-order valence-corrected chi connectivity index (χ2v) is 5.37. The summed E-state index contributed by atoms with van der Waals surface area (Å²) in [7, 11) is 1.50. The Hall–Kier alpha value is -1.14. The van der Waals surface area contributed by atoms with Crippen molar-refractivity contribution in [2.75, 3.05) is 33.4 Å². The number of likely N-dealkylation sites (tertiary alicyclic amines) is 1. The average Bonchev–Trinajstić information content (AvgIpc) is 2.45. The summed E-state index contributed by atoms with van der Waals surface area (Å²) in [6.45, 7) is 4.12. The van der Waals surface area contributed by atoms with E-state index in [1.165, 1.54) is 7.11 Å². The number of methoxy groups -OCH3 is 1. The number of piperidine rings is 1. The molecule has 0 aliphatic carbocycles. The molecule has 0 spiro atoms. The molecule has 1 aliphatic heterocycles. The summed E-state index contributed by atoms with van der Waals surface area (Å²) in [5.74, 6) is 0.372. The van der Waals surface area contributed by atoms with Gasteiger partial charge in [0.05, 0.1) is 0 Å². The minimum atomic E-state index is -0.0912. The number of nitrogens with two attached hydrogens (primary N) is 1. The van der Waals surface area contributed by atoms with Gasteiger partial charge in [0.1, 0.15) is 6.61 Å². The molecule has 1 heterocycles. The number of hydrogen-bond acceptors (Lipinski definition) is 4. The fourth-order valence-corrected chi connectivity index (χ4v) is 2.44. The molecule has 6 heteroatoms. The van der Waals surface area contributed by atoms with E-state index >= 15 is 0 Å². The predicted octanol–water partition coefficient (Wildman–Crippen LogP) is 0.115. The lowest BCUT2D eigenvalue weighted by atomic mass is 10.00. The summed E-state index contributed by atoms with van der Waals surface area (Å²) in [5, 5.41) is 2.92. The molecule has 3 N–H and O–H groups in total. The van der Waals surface area contributed by atoms with E-state index in [2.05, 4.69) is 12.2 Å². The summed E-state index contributed by atoms with van der Waals surface area (Å²) < 4.78 is 4.78. The SMILES string of the molecule is CCC(CN)CC(=O)N1CCC(NC(=O)COC)CC1. The zero-order chi connectivity index (χ0) is 15.0. The number of nitrogens with one attached hydrogen (secondary N) is 1. The Labute approximate surface area is 121 Å². The van der Waals surface area contributed by atoms with Crippen molar-refractivity contribution in [1.29, 1.82) is 0 Å². The molecule has 0 radical (unpaired) electrons. The summed E-state index contributed by atoms with van der Waals surface area (Å²) in [4.78, 5) is 25.4. The van der Waals surface area contributed by atoms with Crippen molar-refractivity contribution in [3.8, 4) is 0 Å². The van der Waals surface area contributed by atoms with Crippen molar-refractivity contribution in [2.24, 2.45) is 11.7 Å². The number of nitrogens with zero attached hydrogens (tertiary/aromatic N) is 1. The molecule has 0 bridgehead atoms. The number of ether oxygens (including phenoxy) is 1. The third kappa shape index (κ3) is 5.46. The second-order valence-electron chi connectivity index (χ2n) is 5.37. The number of amides is 2. The highest BCUT2D eigenvalue weighted by atomic mass is 16.5. The Morgan fingerprint density at radius 1 is 1.40 bits per heavy atom. The van der Waals surface area contributed by atoms with Crippen molar-refractivity contribution in [1.82, 2.24) is 10.2 Å². The minimum Gasteiger partial charge on any atom is -0.375 e. The first-order valence-corrected chi connectivity index (χ1v) is 7.36. The molecule has 1 atom stereocenters. The van der Waals surface area contributed by atoms with E-state index in [1.54, 1.807) is 0 Å². The molecule has 0 aromatic heterocycles. The molecule has 0 aromatic rings. The van der Waals surface area contributed by atoms with Gasteiger partial charge in [0, 0.05) is 32.7 Å². The van der Waals surface area contributed by atoms with Gasteiger partial charge in [0.15, 0.2) is 0 Å². The first-order chi connectivity index (χ1) is 9.60. The summed E-state index contributed by atoms with van der Waals surface area (Å²) >= 11 is 0. The molecule has 2 amide bonds. The Kier molecular flexibility index (Phi) is 7.54. The van der Waals surface area contributed by atoms with E-state index in [-0.39, 0.29) is 30.4 Å². The monoisotopic (exact) mass is 285 g/mol. The molecular formula is C14H27N3O3. The van der Waals surface area contributed by atoms with E-state index in [0.717, 1.165) is 19.3 Å². The van der Waals surface area contributed by atoms with Crippen LogP contribution in [0.5, 0.6) is 0 Å². The summed E-state index contributed by atoms with van der Waals surface area (Å²) in [6, 6.07) is 0.151. The maximum atomic E-state index is 12.1. The van der Waals surface area contributed by atoms with Gasteiger partial charge in [-0.3, -0.25) is 9.59 Å². The van der Waals surface area contributed by atoms with Crippen molar-refractivity contribution in [2.45, 2.75) is 38.6 Å². The van der Waals surface area contributed by atoms with Crippen LogP contribution in [0.25, 0.3) is 0 Å². The topological polar surface area (TPSA) is 84.7 Å². The Bertz CT molecular complexity index is 311. The number of rotatable bonds is 7. The average molecular weight is 285 g/mol. The van der Waals surface area contributed by atoms with Crippen LogP contribution in [0.1, 0.15) is 32.6 Å². The molecule has 20 heavy (non-hydrogen) atoms. The minimum absolute atomic E-state index is 0.0911. The fourth-order valence-electron chi connectivity index (χ4n) is 2.44. The van der Waals surface area contributed by atoms with Gasteiger partial charge in [0.2, 0.25) is 11.8 Å². The highest BCUT2D eigenvalue weighted by molar-refractivity contribution is 5.78. The standard InChI is InChI=1S/C14H27N3O3/c1-3-11(9-15)8-14(19)17-6-4-12(5-7-17)16-13(18)10-20-2/h11-12H,3-10,15H2,1-2H3,(H,16,18). The molecule has 116 valence electrons. The molecule has 1 rings (SSSR count). The smallest absolute Gasteiger partial charge is 0.246 e. The van der Waals surface area contributed by atoms with Gasteiger partial charge in [0.25, 0.3) is 0 Å². The second kappa shape index (κ2) is 8.92. The van der Waals surface area contributed by atoms with Gasteiger partial charge in [-0.05, 0) is 25.3 Å². The van der Waals surface area contributed by atoms with Crippen LogP contribution < -0.4 is 11.1 Å². The van der Waals surface area contributed by atoms with E-state index in [9.17, 15) is 9.59 Å². The van der Waals surface area contributed by atoms with Crippen molar-refractivity contribution in [3.63, 3.8) is 0 Å². The van der Waals surface area contributed by atoms with Crippen LogP contribution in [-0.4, -0.2) is 56.1 Å². The van der Waals surface area contributed by atoms with Crippen molar-refractivity contribution < 1.29 is 14.3 Å². The van der Waals surface area contributed by atoms with E-state index in [1.807, 2.05) is 4.90 Å². The van der Waals surface area contributed by atoms with Gasteiger partial charge in [-0.25, -0.2) is 0 Å².